The number of aromatic nitrogens is 1. The van der Waals surface area contributed by atoms with Crippen LogP contribution in [0.1, 0.15) is 5.56 Å². The molecule has 0 fully saturated rings. The summed E-state index contributed by atoms with van der Waals surface area (Å²) in [5.74, 6) is 0. The van der Waals surface area contributed by atoms with Crippen molar-refractivity contribution < 1.29 is 0 Å². The molecule has 0 atom stereocenters. The molecule has 1 N–H and O–H groups in total. The highest BCUT2D eigenvalue weighted by Gasteiger charge is 1.95. The van der Waals surface area contributed by atoms with E-state index in [4.69, 9.17) is 0 Å². The van der Waals surface area contributed by atoms with Crippen LogP contribution in [0.3, 0.4) is 0 Å². The van der Waals surface area contributed by atoms with Gasteiger partial charge < -0.3 is 5.32 Å². The molecule has 0 radical (unpaired) electrons. The van der Waals surface area contributed by atoms with Crippen molar-refractivity contribution in [1.29, 1.82) is 0 Å². The minimum atomic E-state index is 0.895. The fourth-order valence-corrected chi connectivity index (χ4v) is 1.64. The lowest BCUT2D eigenvalue weighted by Gasteiger charge is -2.01. The number of likely N-dealkylation sites (N-methyl/N-ethyl adjacent to an activating group) is 1. The number of rotatable bonds is 4. The number of nitrogens with one attached hydrogen (secondary N) is 1. The fraction of sp³-hybridized carbons (Fsp3) is 0.133. The Morgan fingerprint density at radius 2 is 1.65 bits per heavy atom. The smallest absolute Gasteiger partial charge is 0.0273 e. The van der Waals surface area contributed by atoms with Gasteiger partial charge in [-0.25, -0.2) is 0 Å². The van der Waals surface area contributed by atoms with Crippen molar-refractivity contribution in [3.63, 3.8) is 0 Å². The molecule has 2 heteroatoms. The lowest BCUT2D eigenvalue weighted by atomic mass is 10.1. The Balaban J connectivity index is 2.13. The molecule has 0 amide bonds. The van der Waals surface area contributed by atoms with E-state index in [2.05, 4.69) is 46.7 Å². The fourth-order valence-electron chi connectivity index (χ4n) is 1.64. The van der Waals surface area contributed by atoms with Gasteiger partial charge in [-0.15, -0.1) is 0 Å². The number of hydrogen-bond acceptors (Lipinski definition) is 2. The van der Waals surface area contributed by atoms with Crippen molar-refractivity contribution in [2.75, 3.05) is 13.6 Å². The van der Waals surface area contributed by atoms with Crippen molar-refractivity contribution in [1.82, 2.24) is 10.3 Å². The van der Waals surface area contributed by atoms with Gasteiger partial charge in [-0.1, -0.05) is 36.4 Å². The molecule has 1 heterocycles. The van der Waals surface area contributed by atoms with E-state index in [9.17, 15) is 0 Å². The van der Waals surface area contributed by atoms with Crippen LogP contribution in [-0.2, 0) is 0 Å². The molecule has 0 bridgehead atoms. The van der Waals surface area contributed by atoms with Crippen molar-refractivity contribution in [2.24, 2.45) is 0 Å². The van der Waals surface area contributed by atoms with Gasteiger partial charge in [-0.2, -0.15) is 0 Å². The number of hydrogen-bond donors (Lipinski definition) is 1. The van der Waals surface area contributed by atoms with Crippen molar-refractivity contribution in [3.05, 3.63) is 60.4 Å². The molecule has 0 aliphatic rings. The summed E-state index contributed by atoms with van der Waals surface area (Å²) >= 11 is 0. The first kappa shape index (κ1) is 11.6. The van der Waals surface area contributed by atoms with E-state index in [0.717, 1.165) is 6.54 Å². The van der Waals surface area contributed by atoms with Gasteiger partial charge in [-0.3, -0.25) is 4.98 Å². The minimum Gasteiger partial charge on any atom is -0.316 e. The average Bonchev–Trinajstić information content (AvgIpc) is 2.41. The highest BCUT2D eigenvalue weighted by Crippen LogP contribution is 2.18. The Morgan fingerprint density at radius 1 is 1.00 bits per heavy atom. The Morgan fingerprint density at radius 3 is 2.29 bits per heavy atom. The number of pyridine rings is 1. The zero-order chi connectivity index (χ0) is 11.9. The normalized spacial score (nSPS) is 10.9. The number of nitrogens with zero attached hydrogens (tertiary/aromatic N) is 1. The van der Waals surface area contributed by atoms with Crippen LogP contribution in [0.5, 0.6) is 0 Å². The van der Waals surface area contributed by atoms with E-state index in [1.807, 2.05) is 31.6 Å². The van der Waals surface area contributed by atoms with E-state index in [0.29, 0.717) is 0 Å². The molecule has 2 nitrogen and oxygen atoms in total. The van der Waals surface area contributed by atoms with Crippen molar-refractivity contribution in [2.45, 2.75) is 0 Å². The summed E-state index contributed by atoms with van der Waals surface area (Å²) in [5, 5.41) is 3.08. The van der Waals surface area contributed by atoms with E-state index >= 15 is 0 Å². The van der Waals surface area contributed by atoms with Gasteiger partial charge in [0.1, 0.15) is 0 Å². The third kappa shape index (κ3) is 3.26. The molecule has 1 aromatic heterocycles. The van der Waals surface area contributed by atoms with Gasteiger partial charge in [0, 0.05) is 18.9 Å². The predicted octanol–water partition coefficient (Wildman–Crippen LogP) is 2.98. The lowest BCUT2D eigenvalue weighted by molar-refractivity contribution is 0.922. The molecule has 0 saturated heterocycles. The molecular weight excluding hydrogens is 208 g/mol. The van der Waals surface area contributed by atoms with Crippen molar-refractivity contribution in [3.8, 4) is 11.1 Å². The second-order valence-corrected chi connectivity index (χ2v) is 3.82. The topological polar surface area (TPSA) is 24.9 Å². The summed E-state index contributed by atoms with van der Waals surface area (Å²) < 4.78 is 0. The van der Waals surface area contributed by atoms with Crippen LogP contribution in [0.4, 0.5) is 0 Å². The monoisotopic (exact) mass is 224 g/mol. The van der Waals surface area contributed by atoms with Crippen LogP contribution < -0.4 is 5.32 Å². The first-order valence-corrected chi connectivity index (χ1v) is 5.72. The molecular formula is C15H16N2. The molecule has 0 aliphatic carbocycles. The van der Waals surface area contributed by atoms with Gasteiger partial charge in [0.2, 0.25) is 0 Å². The van der Waals surface area contributed by atoms with E-state index in [1.165, 1.54) is 16.7 Å². The third-order valence-electron chi connectivity index (χ3n) is 2.56. The summed E-state index contributed by atoms with van der Waals surface area (Å²) in [6, 6.07) is 12.6. The van der Waals surface area contributed by atoms with Gasteiger partial charge in [0.05, 0.1) is 0 Å². The molecule has 86 valence electrons. The Hall–Kier alpha value is -1.93. The molecule has 2 aromatic rings. The SMILES string of the molecule is CNCC=Cc1ccc(-c2ccncc2)cc1. The van der Waals surface area contributed by atoms with Crippen LogP contribution in [-0.4, -0.2) is 18.6 Å². The van der Waals surface area contributed by atoms with Crippen LogP contribution >= 0.6 is 0 Å². The largest absolute Gasteiger partial charge is 0.316 e. The third-order valence-corrected chi connectivity index (χ3v) is 2.56. The molecule has 0 saturated carbocycles. The Bertz CT molecular complexity index is 472. The standard InChI is InChI=1S/C15H16N2/c1-16-10-2-3-13-4-6-14(7-5-13)15-8-11-17-12-9-15/h2-9,11-12,16H,10H2,1H3. The highest BCUT2D eigenvalue weighted by molar-refractivity contribution is 5.65. The maximum atomic E-state index is 4.02. The number of benzene rings is 1. The second-order valence-electron chi connectivity index (χ2n) is 3.82. The summed E-state index contributed by atoms with van der Waals surface area (Å²) in [6.45, 7) is 0.895. The molecule has 0 unspecified atom stereocenters. The average molecular weight is 224 g/mol. The second kappa shape index (κ2) is 5.97. The highest BCUT2D eigenvalue weighted by atomic mass is 14.8. The van der Waals surface area contributed by atoms with E-state index < -0.39 is 0 Å². The maximum Gasteiger partial charge on any atom is 0.0273 e. The Labute approximate surface area is 102 Å². The quantitative estimate of drug-likeness (QED) is 0.863. The maximum absolute atomic E-state index is 4.02. The predicted molar refractivity (Wildman–Crippen MR) is 72.6 cm³/mol. The zero-order valence-electron chi connectivity index (χ0n) is 9.93. The van der Waals surface area contributed by atoms with E-state index in [1.54, 1.807) is 0 Å². The minimum absolute atomic E-state index is 0.895. The first-order chi connectivity index (χ1) is 8.40. The molecule has 0 aliphatic heterocycles. The van der Waals surface area contributed by atoms with Crippen LogP contribution in [0.2, 0.25) is 0 Å². The van der Waals surface area contributed by atoms with Crippen LogP contribution in [0.15, 0.2) is 54.9 Å². The zero-order valence-corrected chi connectivity index (χ0v) is 9.93. The van der Waals surface area contributed by atoms with Crippen LogP contribution in [0, 0.1) is 0 Å². The summed E-state index contributed by atoms with van der Waals surface area (Å²) in [5.41, 5.74) is 3.64. The van der Waals surface area contributed by atoms with Gasteiger partial charge in [-0.05, 0) is 35.9 Å². The van der Waals surface area contributed by atoms with Gasteiger partial charge in [0.25, 0.3) is 0 Å². The molecule has 17 heavy (non-hydrogen) atoms. The van der Waals surface area contributed by atoms with Gasteiger partial charge >= 0.3 is 0 Å². The molecule has 0 spiro atoms. The first-order valence-electron chi connectivity index (χ1n) is 5.72. The van der Waals surface area contributed by atoms with Crippen molar-refractivity contribution >= 4 is 6.08 Å². The van der Waals surface area contributed by atoms with E-state index in [-0.39, 0.29) is 0 Å². The van der Waals surface area contributed by atoms with Gasteiger partial charge in [0.15, 0.2) is 0 Å². The molecule has 1 aromatic carbocycles. The summed E-state index contributed by atoms with van der Waals surface area (Å²) in [7, 11) is 1.94. The summed E-state index contributed by atoms with van der Waals surface area (Å²) in [6.07, 6.45) is 7.86. The molecule has 2 rings (SSSR count). The summed E-state index contributed by atoms with van der Waals surface area (Å²) in [4.78, 5) is 4.02. The Kier molecular flexibility index (Phi) is 4.05. The lowest BCUT2D eigenvalue weighted by Crippen LogP contribution is -2.03. The van der Waals surface area contributed by atoms with Crippen LogP contribution in [0.25, 0.3) is 17.2 Å².